The standard InChI is InChI=1S/C15H22O4/c1-3-5-6-12-7-9-13(10-8-12)19-11-14(15(16)17)18-4-2/h7-10,14H,3-6,11H2,1-2H3,(H,16,17). The molecule has 1 unspecified atom stereocenters. The topological polar surface area (TPSA) is 55.8 Å². The number of carboxylic acids is 1. The van der Waals surface area contributed by atoms with Crippen LogP contribution in [0, 0.1) is 0 Å². The van der Waals surface area contributed by atoms with Gasteiger partial charge in [0.15, 0.2) is 6.10 Å². The SMILES string of the molecule is CCCCc1ccc(OCC(OCC)C(=O)O)cc1. The van der Waals surface area contributed by atoms with Crippen molar-refractivity contribution in [2.75, 3.05) is 13.2 Å². The summed E-state index contributed by atoms with van der Waals surface area (Å²) < 4.78 is 10.5. The predicted molar refractivity (Wildman–Crippen MR) is 73.6 cm³/mol. The predicted octanol–water partition coefficient (Wildman–Crippen LogP) is 2.90. The van der Waals surface area contributed by atoms with E-state index in [4.69, 9.17) is 14.6 Å². The van der Waals surface area contributed by atoms with Crippen LogP contribution in [0.4, 0.5) is 0 Å². The van der Waals surface area contributed by atoms with E-state index in [0.717, 1.165) is 6.42 Å². The van der Waals surface area contributed by atoms with E-state index in [1.165, 1.54) is 18.4 Å². The Balaban J connectivity index is 2.46. The molecule has 0 heterocycles. The van der Waals surface area contributed by atoms with E-state index < -0.39 is 12.1 Å². The maximum absolute atomic E-state index is 10.9. The molecule has 0 amide bonds. The summed E-state index contributed by atoms with van der Waals surface area (Å²) in [4.78, 5) is 10.9. The van der Waals surface area contributed by atoms with Crippen molar-refractivity contribution in [1.82, 2.24) is 0 Å². The lowest BCUT2D eigenvalue weighted by molar-refractivity contribution is -0.152. The lowest BCUT2D eigenvalue weighted by Crippen LogP contribution is -2.30. The maximum atomic E-state index is 10.9. The van der Waals surface area contributed by atoms with Gasteiger partial charge in [0.05, 0.1) is 0 Å². The molecular weight excluding hydrogens is 244 g/mol. The minimum absolute atomic E-state index is 0.0253. The van der Waals surface area contributed by atoms with Gasteiger partial charge in [0.25, 0.3) is 0 Å². The number of carboxylic acid groups (broad SMARTS) is 1. The first-order valence-electron chi connectivity index (χ1n) is 6.73. The number of hydrogen-bond donors (Lipinski definition) is 1. The zero-order valence-electron chi connectivity index (χ0n) is 11.6. The van der Waals surface area contributed by atoms with Crippen LogP contribution >= 0.6 is 0 Å². The van der Waals surface area contributed by atoms with E-state index in [1.54, 1.807) is 6.92 Å². The second-order valence-corrected chi connectivity index (χ2v) is 4.34. The van der Waals surface area contributed by atoms with Gasteiger partial charge in [0.1, 0.15) is 12.4 Å². The molecule has 0 radical (unpaired) electrons. The summed E-state index contributed by atoms with van der Waals surface area (Å²) in [6, 6.07) is 7.77. The van der Waals surface area contributed by atoms with Crippen molar-refractivity contribution in [2.45, 2.75) is 39.2 Å². The molecule has 1 aromatic carbocycles. The number of rotatable bonds is 9. The van der Waals surface area contributed by atoms with Gasteiger partial charge in [0.2, 0.25) is 0 Å². The van der Waals surface area contributed by atoms with Gasteiger partial charge in [-0.3, -0.25) is 0 Å². The third-order valence-electron chi connectivity index (χ3n) is 2.79. The van der Waals surface area contributed by atoms with Gasteiger partial charge in [-0.05, 0) is 37.5 Å². The molecule has 0 spiro atoms. The fraction of sp³-hybridized carbons (Fsp3) is 0.533. The highest BCUT2D eigenvalue weighted by atomic mass is 16.5. The molecule has 106 valence electrons. The first-order chi connectivity index (χ1) is 9.17. The molecule has 0 saturated carbocycles. The number of unbranched alkanes of at least 4 members (excludes halogenated alkanes) is 1. The Bertz CT molecular complexity index is 372. The van der Waals surface area contributed by atoms with Crippen LogP contribution in [0.3, 0.4) is 0 Å². The third kappa shape index (κ3) is 5.75. The second-order valence-electron chi connectivity index (χ2n) is 4.34. The van der Waals surface area contributed by atoms with Crippen LogP contribution in [0.5, 0.6) is 5.75 Å². The molecule has 0 aromatic heterocycles. The van der Waals surface area contributed by atoms with Crippen LogP contribution in [0.15, 0.2) is 24.3 Å². The number of aliphatic carboxylic acids is 1. The molecule has 0 fully saturated rings. The number of benzene rings is 1. The average Bonchev–Trinajstić information content (AvgIpc) is 2.42. The van der Waals surface area contributed by atoms with E-state index in [0.29, 0.717) is 12.4 Å². The number of ether oxygens (including phenoxy) is 2. The molecule has 0 aliphatic rings. The van der Waals surface area contributed by atoms with Crippen LogP contribution in [-0.2, 0) is 16.0 Å². The van der Waals surface area contributed by atoms with Crippen molar-refractivity contribution < 1.29 is 19.4 Å². The molecule has 0 aliphatic heterocycles. The van der Waals surface area contributed by atoms with Crippen molar-refractivity contribution in [2.24, 2.45) is 0 Å². The summed E-state index contributed by atoms with van der Waals surface area (Å²) in [6.07, 6.45) is 2.50. The Morgan fingerprint density at radius 3 is 2.47 bits per heavy atom. The first kappa shape index (κ1) is 15.5. The number of hydrogen-bond acceptors (Lipinski definition) is 3. The van der Waals surface area contributed by atoms with E-state index in [1.807, 2.05) is 24.3 Å². The summed E-state index contributed by atoms with van der Waals surface area (Å²) in [6.45, 7) is 4.31. The van der Waals surface area contributed by atoms with Gasteiger partial charge in [-0.1, -0.05) is 25.5 Å². The fourth-order valence-electron chi connectivity index (χ4n) is 1.70. The molecule has 0 bridgehead atoms. The van der Waals surface area contributed by atoms with Crippen molar-refractivity contribution in [3.8, 4) is 5.75 Å². The summed E-state index contributed by atoms with van der Waals surface area (Å²) in [5.74, 6) is -0.326. The molecule has 4 heteroatoms. The Labute approximate surface area is 114 Å². The van der Waals surface area contributed by atoms with Crippen LogP contribution < -0.4 is 4.74 Å². The Morgan fingerprint density at radius 1 is 1.26 bits per heavy atom. The molecule has 1 rings (SSSR count). The quantitative estimate of drug-likeness (QED) is 0.746. The van der Waals surface area contributed by atoms with E-state index in [9.17, 15) is 4.79 Å². The van der Waals surface area contributed by atoms with Gasteiger partial charge in [-0.25, -0.2) is 4.79 Å². The second kappa shape index (κ2) is 8.53. The highest BCUT2D eigenvalue weighted by molar-refractivity contribution is 5.72. The minimum Gasteiger partial charge on any atom is -0.490 e. The lowest BCUT2D eigenvalue weighted by Gasteiger charge is -2.13. The number of aryl methyl sites for hydroxylation is 1. The number of carbonyl (C=O) groups is 1. The van der Waals surface area contributed by atoms with Crippen molar-refractivity contribution >= 4 is 5.97 Å². The minimum atomic E-state index is -0.999. The normalized spacial score (nSPS) is 12.1. The molecular formula is C15H22O4. The zero-order valence-corrected chi connectivity index (χ0v) is 11.6. The zero-order chi connectivity index (χ0) is 14.1. The van der Waals surface area contributed by atoms with E-state index in [-0.39, 0.29) is 6.61 Å². The van der Waals surface area contributed by atoms with Crippen LogP contribution in [0.2, 0.25) is 0 Å². The highest BCUT2D eigenvalue weighted by Crippen LogP contribution is 2.14. The Morgan fingerprint density at radius 2 is 1.95 bits per heavy atom. The van der Waals surface area contributed by atoms with Gasteiger partial charge in [0, 0.05) is 6.61 Å². The smallest absolute Gasteiger partial charge is 0.336 e. The molecule has 4 nitrogen and oxygen atoms in total. The van der Waals surface area contributed by atoms with Crippen molar-refractivity contribution in [1.29, 1.82) is 0 Å². The third-order valence-corrected chi connectivity index (χ3v) is 2.79. The van der Waals surface area contributed by atoms with Crippen LogP contribution in [0.1, 0.15) is 32.3 Å². The van der Waals surface area contributed by atoms with Gasteiger partial charge in [-0.2, -0.15) is 0 Å². The lowest BCUT2D eigenvalue weighted by atomic mass is 10.1. The molecule has 19 heavy (non-hydrogen) atoms. The molecule has 0 saturated heterocycles. The van der Waals surface area contributed by atoms with Gasteiger partial charge < -0.3 is 14.6 Å². The van der Waals surface area contributed by atoms with E-state index in [2.05, 4.69) is 6.92 Å². The summed E-state index contributed by atoms with van der Waals surface area (Å²) >= 11 is 0. The Kier molecular flexibility index (Phi) is 6.97. The summed E-state index contributed by atoms with van der Waals surface area (Å²) in [5, 5.41) is 8.92. The Hall–Kier alpha value is -1.55. The molecule has 1 atom stereocenters. The van der Waals surface area contributed by atoms with Crippen molar-refractivity contribution in [3.05, 3.63) is 29.8 Å². The maximum Gasteiger partial charge on any atom is 0.336 e. The largest absolute Gasteiger partial charge is 0.490 e. The fourth-order valence-corrected chi connectivity index (χ4v) is 1.70. The monoisotopic (exact) mass is 266 g/mol. The summed E-state index contributed by atoms with van der Waals surface area (Å²) in [5.41, 5.74) is 1.27. The molecule has 1 aromatic rings. The molecule has 1 N–H and O–H groups in total. The van der Waals surface area contributed by atoms with Crippen LogP contribution in [0.25, 0.3) is 0 Å². The first-order valence-corrected chi connectivity index (χ1v) is 6.73. The molecule has 0 aliphatic carbocycles. The highest BCUT2D eigenvalue weighted by Gasteiger charge is 2.18. The van der Waals surface area contributed by atoms with Crippen molar-refractivity contribution in [3.63, 3.8) is 0 Å². The van der Waals surface area contributed by atoms with Gasteiger partial charge in [-0.15, -0.1) is 0 Å². The van der Waals surface area contributed by atoms with E-state index >= 15 is 0 Å². The van der Waals surface area contributed by atoms with Crippen LogP contribution in [-0.4, -0.2) is 30.4 Å². The average molecular weight is 266 g/mol. The summed E-state index contributed by atoms with van der Waals surface area (Å²) in [7, 11) is 0. The van der Waals surface area contributed by atoms with Gasteiger partial charge >= 0.3 is 5.97 Å².